The number of nitrogens with zero attached hydrogens (tertiary/aromatic N) is 3. The highest BCUT2D eigenvalue weighted by molar-refractivity contribution is 5.96. The number of likely N-dealkylation sites (N-methyl/N-ethyl adjacent to an activating group) is 1. The highest BCUT2D eigenvalue weighted by Gasteiger charge is 2.39. The van der Waals surface area contributed by atoms with Crippen LogP contribution in [0.2, 0.25) is 0 Å². The normalized spacial score (nSPS) is 18.2. The lowest BCUT2D eigenvalue weighted by molar-refractivity contribution is -0.139. The molecule has 0 aliphatic carbocycles. The van der Waals surface area contributed by atoms with Gasteiger partial charge in [-0.15, -0.1) is 0 Å². The molecule has 10 nitrogen and oxygen atoms in total. The van der Waals surface area contributed by atoms with E-state index in [1.807, 2.05) is 0 Å². The van der Waals surface area contributed by atoms with Gasteiger partial charge < -0.3 is 24.4 Å². The third-order valence-electron chi connectivity index (χ3n) is 7.17. The van der Waals surface area contributed by atoms with Crippen LogP contribution in [0.5, 0.6) is 11.5 Å². The summed E-state index contributed by atoms with van der Waals surface area (Å²) in [5.74, 6) is -0.433. The number of rotatable bonds is 8. The number of esters is 1. The lowest BCUT2D eigenvalue weighted by Crippen LogP contribution is -2.49. The van der Waals surface area contributed by atoms with Crippen molar-refractivity contribution in [2.45, 2.75) is 19.4 Å². The summed E-state index contributed by atoms with van der Waals surface area (Å²) in [6.07, 6.45) is 0.644. The van der Waals surface area contributed by atoms with Crippen molar-refractivity contribution in [3.63, 3.8) is 0 Å². The van der Waals surface area contributed by atoms with Gasteiger partial charge in [-0.05, 0) is 43.7 Å². The first-order chi connectivity index (χ1) is 19.3. The monoisotopic (exact) mass is 554 g/mol. The molecule has 1 saturated heterocycles. The van der Waals surface area contributed by atoms with Crippen LogP contribution in [0.1, 0.15) is 35.3 Å². The lowest BCUT2D eigenvalue weighted by Gasteiger charge is -2.37. The van der Waals surface area contributed by atoms with Crippen molar-refractivity contribution in [1.82, 2.24) is 20.0 Å². The lowest BCUT2D eigenvalue weighted by atomic mass is 9.93. The van der Waals surface area contributed by atoms with Crippen LogP contribution in [0.25, 0.3) is 0 Å². The third-order valence-corrected chi connectivity index (χ3v) is 7.17. The van der Waals surface area contributed by atoms with E-state index in [0.29, 0.717) is 60.9 Å². The molecule has 3 amide bonds. The van der Waals surface area contributed by atoms with Crippen molar-refractivity contribution in [2.75, 3.05) is 60.6 Å². The number of amides is 3. The van der Waals surface area contributed by atoms with Crippen LogP contribution in [-0.4, -0.2) is 93.2 Å². The Morgan fingerprint density at radius 1 is 1.05 bits per heavy atom. The molecule has 1 unspecified atom stereocenters. The summed E-state index contributed by atoms with van der Waals surface area (Å²) in [7, 11) is 4.66. The van der Waals surface area contributed by atoms with Crippen molar-refractivity contribution in [1.29, 1.82) is 0 Å². The van der Waals surface area contributed by atoms with Crippen molar-refractivity contribution < 1.29 is 33.0 Å². The number of ether oxygens (including phenoxy) is 3. The number of urea groups is 1. The van der Waals surface area contributed by atoms with Gasteiger partial charge in [0.05, 0.1) is 38.0 Å². The Morgan fingerprint density at radius 3 is 2.52 bits per heavy atom. The van der Waals surface area contributed by atoms with Crippen LogP contribution in [0.3, 0.4) is 0 Å². The zero-order valence-electron chi connectivity index (χ0n) is 23.2. The summed E-state index contributed by atoms with van der Waals surface area (Å²) in [6.45, 7) is 4.08. The van der Waals surface area contributed by atoms with Crippen LogP contribution >= 0.6 is 0 Å². The predicted octanol–water partition coefficient (Wildman–Crippen LogP) is 3.20. The zero-order chi connectivity index (χ0) is 28.8. The number of nitrogens with one attached hydrogen (secondary N) is 1. The maximum absolute atomic E-state index is 14.3. The van der Waals surface area contributed by atoms with Crippen LogP contribution < -0.4 is 14.8 Å². The molecule has 40 heavy (non-hydrogen) atoms. The number of hydrogen-bond acceptors (Lipinski definition) is 7. The predicted molar refractivity (Wildman–Crippen MR) is 146 cm³/mol. The molecule has 1 fully saturated rings. The van der Waals surface area contributed by atoms with Gasteiger partial charge in [-0.2, -0.15) is 0 Å². The van der Waals surface area contributed by atoms with Gasteiger partial charge in [0.1, 0.15) is 17.3 Å². The minimum atomic E-state index is -0.839. The molecule has 214 valence electrons. The molecule has 2 aromatic carbocycles. The molecule has 1 N–H and O–H groups in total. The number of benzene rings is 2. The van der Waals surface area contributed by atoms with E-state index >= 15 is 0 Å². The van der Waals surface area contributed by atoms with Crippen molar-refractivity contribution >= 4 is 17.9 Å². The van der Waals surface area contributed by atoms with Gasteiger partial charge in [-0.25, -0.2) is 14.0 Å². The first kappa shape index (κ1) is 28.9. The molecule has 0 aromatic heterocycles. The molecule has 0 bridgehead atoms. The van der Waals surface area contributed by atoms with E-state index in [1.165, 1.54) is 31.3 Å². The molecule has 0 saturated carbocycles. The van der Waals surface area contributed by atoms with Crippen molar-refractivity contribution in [3.8, 4) is 11.5 Å². The third kappa shape index (κ3) is 6.04. The molecule has 2 aromatic rings. The molecular weight excluding hydrogens is 519 g/mol. The second-order valence-electron chi connectivity index (χ2n) is 9.53. The summed E-state index contributed by atoms with van der Waals surface area (Å²) in [5.41, 5.74) is 1.38. The number of hydrogen-bond donors (Lipinski definition) is 1. The van der Waals surface area contributed by atoms with E-state index in [2.05, 4.69) is 10.2 Å². The minimum absolute atomic E-state index is 0.0435. The molecule has 2 aliphatic heterocycles. The molecular formula is C29H35FN4O6. The van der Waals surface area contributed by atoms with Crippen molar-refractivity contribution in [3.05, 3.63) is 70.7 Å². The van der Waals surface area contributed by atoms with Crippen LogP contribution in [-0.2, 0) is 9.53 Å². The fourth-order valence-corrected chi connectivity index (χ4v) is 5.05. The van der Waals surface area contributed by atoms with Gasteiger partial charge in [-0.1, -0.05) is 12.1 Å². The molecule has 0 spiro atoms. The van der Waals surface area contributed by atoms with Crippen LogP contribution in [0, 0.1) is 5.82 Å². The smallest absolute Gasteiger partial charge is 0.338 e. The maximum Gasteiger partial charge on any atom is 0.338 e. The van der Waals surface area contributed by atoms with E-state index in [-0.39, 0.29) is 30.7 Å². The highest BCUT2D eigenvalue weighted by atomic mass is 19.1. The van der Waals surface area contributed by atoms with Gasteiger partial charge in [0.2, 0.25) is 0 Å². The summed E-state index contributed by atoms with van der Waals surface area (Å²) >= 11 is 0. The first-order valence-electron chi connectivity index (χ1n) is 13.2. The molecule has 2 aliphatic rings. The number of carbonyl (C=O) groups excluding carboxylic acids is 3. The number of halogens is 1. The second kappa shape index (κ2) is 12.8. The Balaban J connectivity index is 1.66. The SMILES string of the molecule is CCOC(=O)C1=C(CN2CCCN(C(=O)c3ccccc3F)CC2)N(C)C(=O)NC1c1cc(OC)ccc1OC. The highest BCUT2D eigenvalue weighted by Crippen LogP contribution is 2.38. The number of methoxy groups -OCH3 is 2. The van der Waals surface area contributed by atoms with E-state index in [0.717, 1.165) is 0 Å². The minimum Gasteiger partial charge on any atom is -0.497 e. The quantitative estimate of drug-likeness (QED) is 0.500. The van der Waals surface area contributed by atoms with Crippen LogP contribution in [0.15, 0.2) is 53.7 Å². The Bertz CT molecular complexity index is 1300. The van der Waals surface area contributed by atoms with E-state index < -0.39 is 17.8 Å². The Hall–Kier alpha value is -4.12. The fraction of sp³-hybridized carbons (Fsp3) is 0.414. The first-order valence-corrected chi connectivity index (χ1v) is 13.2. The Kier molecular flexibility index (Phi) is 9.26. The van der Waals surface area contributed by atoms with Crippen molar-refractivity contribution in [2.24, 2.45) is 0 Å². The van der Waals surface area contributed by atoms with Gasteiger partial charge in [0.25, 0.3) is 5.91 Å². The Labute approximate surface area is 233 Å². The van der Waals surface area contributed by atoms with Gasteiger partial charge in [0, 0.05) is 51.0 Å². The summed E-state index contributed by atoms with van der Waals surface area (Å²) in [5, 5.41) is 2.91. The molecule has 1 atom stereocenters. The maximum atomic E-state index is 14.3. The average molecular weight is 555 g/mol. The summed E-state index contributed by atoms with van der Waals surface area (Å²) in [4.78, 5) is 44.7. The van der Waals surface area contributed by atoms with Gasteiger partial charge >= 0.3 is 12.0 Å². The largest absolute Gasteiger partial charge is 0.497 e. The standard InChI is InChI=1S/C29H35FN4O6/c1-5-40-28(36)25-23(32(2)29(37)31-26(25)21-17-19(38-3)11-12-24(21)39-4)18-33-13-8-14-34(16-15-33)27(35)20-9-6-7-10-22(20)30/h6-7,9-12,17,26H,5,8,13-16,18H2,1-4H3,(H,31,37). The Morgan fingerprint density at radius 2 is 1.82 bits per heavy atom. The molecule has 4 rings (SSSR count). The molecule has 11 heteroatoms. The van der Waals surface area contributed by atoms with E-state index in [4.69, 9.17) is 14.2 Å². The number of carbonyl (C=O) groups is 3. The molecule has 0 radical (unpaired) electrons. The van der Waals surface area contributed by atoms with E-state index in [1.54, 1.807) is 49.2 Å². The fourth-order valence-electron chi connectivity index (χ4n) is 5.05. The summed E-state index contributed by atoms with van der Waals surface area (Å²) in [6, 6.07) is 9.91. The topological polar surface area (TPSA) is 101 Å². The van der Waals surface area contributed by atoms with Gasteiger partial charge in [0.15, 0.2) is 0 Å². The second-order valence-corrected chi connectivity index (χ2v) is 9.53. The van der Waals surface area contributed by atoms with Gasteiger partial charge in [-0.3, -0.25) is 14.6 Å². The molecule has 2 heterocycles. The average Bonchev–Trinajstić information content (AvgIpc) is 3.20. The zero-order valence-corrected chi connectivity index (χ0v) is 23.2. The van der Waals surface area contributed by atoms with Crippen LogP contribution in [0.4, 0.5) is 9.18 Å². The van der Waals surface area contributed by atoms with E-state index in [9.17, 15) is 18.8 Å². The summed E-state index contributed by atoms with van der Waals surface area (Å²) < 4.78 is 30.7.